The van der Waals surface area contributed by atoms with Crippen LogP contribution >= 0.6 is 11.3 Å². The van der Waals surface area contributed by atoms with Crippen LogP contribution in [0.15, 0.2) is 29.9 Å². The molecule has 0 saturated heterocycles. The largest absolute Gasteiger partial charge is 0.333 e. The highest BCUT2D eigenvalue weighted by Crippen LogP contribution is 2.27. The van der Waals surface area contributed by atoms with Crippen molar-refractivity contribution in [3.05, 3.63) is 40.6 Å². The van der Waals surface area contributed by atoms with Crippen LogP contribution in [0.2, 0.25) is 0 Å². The quantitative estimate of drug-likeness (QED) is 0.894. The first-order chi connectivity index (χ1) is 8.38. The van der Waals surface area contributed by atoms with Crippen molar-refractivity contribution in [3.8, 4) is 0 Å². The molecule has 1 unspecified atom stereocenters. The van der Waals surface area contributed by atoms with Crippen LogP contribution in [-0.4, -0.2) is 27.5 Å². The predicted octanol–water partition coefficient (Wildman–Crippen LogP) is 1.46. The molecule has 1 atom stereocenters. The fourth-order valence-corrected chi connectivity index (χ4v) is 3.26. The molecule has 3 heterocycles. The third-order valence-electron chi connectivity index (χ3n) is 3.31. The molecule has 2 N–H and O–H groups in total. The minimum atomic E-state index is 0.334. The summed E-state index contributed by atoms with van der Waals surface area (Å²) in [6.45, 7) is 3.62. The summed E-state index contributed by atoms with van der Waals surface area (Å²) in [4.78, 5) is 8.17. The van der Waals surface area contributed by atoms with Gasteiger partial charge in [0.1, 0.15) is 5.82 Å². The zero-order valence-electron chi connectivity index (χ0n) is 9.62. The van der Waals surface area contributed by atoms with Crippen LogP contribution in [0.3, 0.4) is 0 Å². The Labute approximate surface area is 105 Å². The van der Waals surface area contributed by atoms with Crippen LogP contribution in [0.4, 0.5) is 0 Å². The highest BCUT2D eigenvalue weighted by Gasteiger charge is 2.24. The second-order valence-corrected chi connectivity index (χ2v) is 5.25. The van der Waals surface area contributed by atoms with Gasteiger partial charge in [-0.25, -0.2) is 4.98 Å². The Morgan fingerprint density at radius 2 is 2.41 bits per heavy atom. The molecule has 0 amide bonds. The number of rotatable bonds is 3. The van der Waals surface area contributed by atoms with E-state index in [0.717, 1.165) is 25.5 Å². The van der Waals surface area contributed by atoms with Gasteiger partial charge in [-0.2, -0.15) is 0 Å². The van der Waals surface area contributed by atoms with Gasteiger partial charge in [0.25, 0.3) is 0 Å². The van der Waals surface area contributed by atoms with Crippen LogP contribution in [0, 0.1) is 0 Å². The number of nitrogens with two attached hydrogens (primary N) is 1. The van der Waals surface area contributed by atoms with Crippen LogP contribution in [0.5, 0.6) is 0 Å². The van der Waals surface area contributed by atoms with Gasteiger partial charge in [-0.3, -0.25) is 4.90 Å². The topological polar surface area (TPSA) is 47.1 Å². The van der Waals surface area contributed by atoms with Gasteiger partial charge in [0.15, 0.2) is 0 Å². The summed E-state index contributed by atoms with van der Waals surface area (Å²) < 4.78 is 2.22. The monoisotopic (exact) mass is 248 g/mol. The Hall–Kier alpha value is -1.17. The van der Waals surface area contributed by atoms with Crippen LogP contribution < -0.4 is 5.73 Å². The van der Waals surface area contributed by atoms with Gasteiger partial charge in [0, 0.05) is 36.9 Å². The van der Waals surface area contributed by atoms with E-state index in [9.17, 15) is 0 Å². The SMILES string of the molecule is NCC(c1cccs1)N1CCn2ccnc2C1. The summed E-state index contributed by atoms with van der Waals surface area (Å²) in [7, 11) is 0. The molecule has 17 heavy (non-hydrogen) atoms. The van der Waals surface area contributed by atoms with Gasteiger partial charge in [-0.05, 0) is 11.4 Å². The maximum atomic E-state index is 5.93. The van der Waals surface area contributed by atoms with Crippen LogP contribution in [0.1, 0.15) is 16.7 Å². The molecule has 4 nitrogen and oxygen atoms in total. The summed E-state index contributed by atoms with van der Waals surface area (Å²) in [5.41, 5.74) is 5.93. The zero-order valence-corrected chi connectivity index (χ0v) is 10.4. The molecule has 1 aliphatic heterocycles. The van der Waals surface area contributed by atoms with Crippen molar-refractivity contribution in [1.29, 1.82) is 0 Å². The molecule has 3 rings (SSSR count). The fraction of sp³-hybridized carbons (Fsp3) is 0.417. The Bertz CT molecular complexity index is 476. The highest BCUT2D eigenvalue weighted by molar-refractivity contribution is 7.10. The lowest BCUT2D eigenvalue weighted by molar-refractivity contribution is 0.158. The predicted molar refractivity (Wildman–Crippen MR) is 68.8 cm³/mol. The molecule has 0 aromatic carbocycles. The zero-order chi connectivity index (χ0) is 11.7. The van der Waals surface area contributed by atoms with E-state index in [1.54, 1.807) is 11.3 Å². The van der Waals surface area contributed by atoms with E-state index < -0.39 is 0 Å². The van der Waals surface area contributed by atoms with Gasteiger partial charge in [-0.15, -0.1) is 11.3 Å². The average Bonchev–Trinajstić information content (AvgIpc) is 2.99. The van der Waals surface area contributed by atoms with Crippen LogP contribution in [-0.2, 0) is 13.1 Å². The van der Waals surface area contributed by atoms with Gasteiger partial charge < -0.3 is 10.3 Å². The van der Waals surface area contributed by atoms with E-state index in [-0.39, 0.29) is 0 Å². The molecule has 0 fully saturated rings. The minimum absolute atomic E-state index is 0.334. The first-order valence-electron chi connectivity index (χ1n) is 5.86. The second kappa shape index (κ2) is 4.60. The second-order valence-electron chi connectivity index (χ2n) is 4.27. The number of hydrogen-bond acceptors (Lipinski definition) is 4. The maximum Gasteiger partial charge on any atom is 0.122 e. The van der Waals surface area contributed by atoms with Gasteiger partial charge >= 0.3 is 0 Å². The van der Waals surface area contributed by atoms with Crippen LogP contribution in [0.25, 0.3) is 0 Å². The minimum Gasteiger partial charge on any atom is -0.333 e. The Kier molecular flexibility index (Phi) is 2.96. The number of aromatic nitrogens is 2. The summed E-state index contributed by atoms with van der Waals surface area (Å²) in [5.74, 6) is 1.14. The lowest BCUT2D eigenvalue weighted by atomic mass is 10.2. The van der Waals surface area contributed by atoms with Crippen molar-refractivity contribution in [2.24, 2.45) is 5.73 Å². The van der Waals surface area contributed by atoms with Gasteiger partial charge in [-0.1, -0.05) is 6.07 Å². The third-order valence-corrected chi connectivity index (χ3v) is 4.28. The van der Waals surface area contributed by atoms with E-state index in [1.165, 1.54) is 4.88 Å². The van der Waals surface area contributed by atoms with E-state index in [0.29, 0.717) is 12.6 Å². The van der Waals surface area contributed by atoms with E-state index in [1.807, 2.05) is 6.20 Å². The molecule has 1 aliphatic rings. The van der Waals surface area contributed by atoms with E-state index >= 15 is 0 Å². The molecular weight excluding hydrogens is 232 g/mol. The summed E-state index contributed by atoms with van der Waals surface area (Å²) in [6, 6.07) is 4.59. The molecule has 0 radical (unpaired) electrons. The Balaban J connectivity index is 1.81. The Morgan fingerprint density at radius 1 is 1.47 bits per heavy atom. The van der Waals surface area contributed by atoms with Crippen molar-refractivity contribution >= 4 is 11.3 Å². The van der Waals surface area contributed by atoms with Crippen molar-refractivity contribution < 1.29 is 0 Å². The molecule has 0 bridgehead atoms. The van der Waals surface area contributed by atoms with Crippen molar-refractivity contribution in [2.45, 2.75) is 19.1 Å². The van der Waals surface area contributed by atoms with Crippen molar-refractivity contribution in [3.63, 3.8) is 0 Å². The summed E-state index contributed by atoms with van der Waals surface area (Å²) in [5, 5.41) is 2.11. The highest BCUT2D eigenvalue weighted by atomic mass is 32.1. The lowest BCUT2D eigenvalue weighted by Gasteiger charge is -2.33. The number of thiophene rings is 1. The van der Waals surface area contributed by atoms with Gasteiger partial charge in [0.05, 0.1) is 12.6 Å². The number of hydrogen-bond donors (Lipinski definition) is 1. The van der Waals surface area contributed by atoms with E-state index in [4.69, 9.17) is 5.73 Å². The lowest BCUT2D eigenvalue weighted by Crippen LogP contribution is -2.39. The molecule has 2 aromatic heterocycles. The molecule has 0 aliphatic carbocycles. The standard InChI is InChI=1S/C12H16N4S/c13-8-10(11-2-1-7-17-11)16-6-5-15-4-3-14-12(15)9-16/h1-4,7,10H,5-6,8-9,13H2. The molecule has 0 saturated carbocycles. The van der Waals surface area contributed by atoms with Crippen molar-refractivity contribution in [1.82, 2.24) is 14.5 Å². The fourth-order valence-electron chi connectivity index (χ4n) is 2.38. The van der Waals surface area contributed by atoms with Crippen molar-refractivity contribution in [2.75, 3.05) is 13.1 Å². The summed E-state index contributed by atoms with van der Waals surface area (Å²) in [6.07, 6.45) is 3.93. The summed E-state index contributed by atoms with van der Waals surface area (Å²) >= 11 is 1.78. The average molecular weight is 248 g/mol. The van der Waals surface area contributed by atoms with Gasteiger partial charge in [0.2, 0.25) is 0 Å². The first-order valence-corrected chi connectivity index (χ1v) is 6.74. The molecule has 90 valence electrons. The number of imidazole rings is 1. The third kappa shape index (κ3) is 2.01. The smallest absolute Gasteiger partial charge is 0.122 e. The number of nitrogens with zero attached hydrogens (tertiary/aromatic N) is 3. The molecule has 0 spiro atoms. The maximum absolute atomic E-state index is 5.93. The normalized spacial score (nSPS) is 17.9. The molecular formula is C12H16N4S. The molecule has 2 aromatic rings. The first kappa shape index (κ1) is 11.0. The molecule has 5 heteroatoms. The van der Waals surface area contributed by atoms with E-state index in [2.05, 4.69) is 38.2 Å². The number of fused-ring (bicyclic) bond motifs is 1. The Morgan fingerprint density at radius 3 is 3.18 bits per heavy atom.